The van der Waals surface area contributed by atoms with Gasteiger partial charge < -0.3 is 10.4 Å². The Morgan fingerprint density at radius 2 is 2.23 bits per heavy atom. The van der Waals surface area contributed by atoms with Crippen molar-refractivity contribution >= 4 is 5.91 Å². The Labute approximate surface area is 153 Å². The fourth-order valence-electron chi connectivity index (χ4n) is 3.86. The minimum Gasteiger partial charge on any atom is -0.394 e. The highest BCUT2D eigenvalue weighted by atomic mass is 16.3. The van der Waals surface area contributed by atoms with E-state index >= 15 is 0 Å². The smallest absolute Gasteiger partial charge is 0.272 e. The van der Waals surface area contributed by atoms with Gasteiger partial charge in [0.25, 0.3) is 5.91 Å². The predicted molar refractivity (Wildman–Crippen MR) is 98.5 cm³/mol. The summed E-state index contributed by atoms with van der Waals surface area (Å²) in [5, 5.41) is 17.0. The second-order valence-corrected chi connectivity index (χ2v) is 8.20. The topological polar surface area (TPSA) is 80.0 Å². The van der Waals surface area contributed by atoms with E-state index in [9.17, 15) is 9.90 Å². The Bertz CT molecular complexity index is 838. The van der Waals surface area contributed by atoms with Crippen molar-refractivity contribution in [2.75, 3.05) is 6.61 Å². The van der Waals surface area contributed by atoms with E-state index in [2.05, 4.69) is 28.4 Å². The van der Waals surface area contributed by atoms with Gasteiger partial charge in [-0.2, -0.15) is 5.10 Å². The normalized spacial score (nSPS) is 20.6. The fourth-order valence-corrected chi connectivity index (χ4v) is 3.86. The molecule has 0 radical (unpaired) electrons. The van der Waals surface area contributed by atoms with Gasteiger partial charge in [-0.25, -0.2) is 9.67 Å². The summed E-state index contributed by atoms with van der Waals surface area (Å²) in [6.45, 7) is 5.63. The standard InChI is InChI=1S/C20H26N4O2/c1-4-5-12-6-7-16(21-10-12)24-18-14-8-13(14)9-15(18)17(23-24)19(26)22-20(2,3)11-25/h6-7,10,13-14,25H,4-5,8-9,11H2,1-3H3,(H,22,26)/t13-,14-/m1/s1. The maximum absolute atomic E-state index is 12.8. The number of nitrogens with zero attached hydrogens (tertiary/aromatic N) is 3. The molecule has 0 unspecified atom stereocenters. The molecule has 0 bridgehead atoms. The van der Waals surface area contributed by atoms with Crippen molar-refractivity contribution in [3.8, 4) is 5.82 Å². The average molecular weight is 354 g/mol. The number of nitrogens with one attached hydrogen (secondary N) is 1. The van der Waals surface area contributed by atoms with Gasteiger partial charge in [0.1, 0.15) is 0 Å². The number of carbonyl (C=O) groups is 1. The van der Waals surface area contributed by atoms with Crippen LogP contribution in [-0.2, 0) is 12.8 Å². The number of aryl methyl sites for hydroxylation is 1. The average Bonchev–Trinajstić information content (AvgIpc) is 3.11. The molecular formula is C20H26N4O2. The third kappa shape index (κ3) is 2.92. The Morgan fingerprint density at radius 1 is 1.42 bits per heavy atom. The molecule has 2 N–H and O–H groups in total. The van der Waals surface area contributed by atoms with E-state index in [4.69, 9.17) is 0 Å². The minimum atomic E-state index is -0.671. The fraction of sp³-hybridized carbons (Fsp3) is 0.550. The van der Waals surface area contributed by atoms with Crippen LogP contribution in [-0.4, -0.2) is 37.9 Å². The molecule has 2 aromatic heterocycles. The molecular weight excluding hydrogens is 328 g/mol. The molecule has 0 saturated heterocycles. The number of rotatable bonds is 6. The Hall–Kier alpha value is -2.21. The Kier molecular flexibility index (Phi) is 4.10. The van der Waals surface area contributed by atoms with Crippen LogP contribution in [0, 0.1) is 5.92 Å². The van der Waals surface area contributed by atoms with E-state index < -0.39 is 5.54 Å². The molecule has 0 spiro atoms. The lowest BCUT2D eigenvalue weighted by Gasteiger charge is -2.23. The second-order valence-electron chi connectivity index (χ2n) is 8.20. The monoisotopic (exact) mass is 354 g/mol. The highest BCUT2D eigenvalue weighted by Crippen LogP contribution is 2.57. The zero-order chi connectivity index (χ0) is 18.5. The number of carbonyl (C=O) groups excluding carboxylic acids is 1. The number of amides is 1. The van der Waals surface area contributed by atoms with Crippen LogP contribution in [0.15, 0.2) is 18.3 Å². The number of pyridine rings is 1. The summed E-state index contributed by atoms with van der Waals surface area (Å²) in [7, 11) is 0. The van der Waals surface area contributed by atoms with Crippen LogP contribution >= 0.6 is 0 Å². The molecule has 0 aliphatic heterocycles. The van der Waals surface area contributed by atoms with Crippen molar-refractivity contribution in [2.45, 2.75) is 57.9 Å². The largest absolute Gasteiger partial charge is 0.394 e. The van der Waals surface area contributed by atoms with Crippen molar-refractivity contribution in [1.29, 1.82) is 0 Å². The maximum atomic E-state index is 12.8. The second kappa shape index (κ2) is 6.20. The van der Waals surface area contributed by atoms with Crippen LogP contribution < -0.4 is 5.32 Å². The molecule has 2 aliphatic rings. The van der Waals surface area contributed by atoms with Crippen molar-refractivity contribution in [1.82, 2.24) is 20.1 Å². The van der Waals surface area contributed by atoms with E-state index in [1.165, 1.54) is 12.0 Å². The molecule has 138 valence electrons. The van der Waals surface area contributed by atoms with Gasteiger partial charge in [-0.05, 0) is 50.7 Å². The lowest BCUT2D eigenvalue weighted by molar-refractivity contribution is 0.0863. The van der Waals surface area contributed by atoms with Crippen LogP contribution in [0.25, 0.3) is 5.82 Å². The molecule has 2 aliphatic carbocycles. The molecule has 4 rings (SSSR count). The summed E-state index contributed by atoms with van der Waals surface area (Å²) in [5.41, 5.74) is 3.23. The molecule has 6 nitrogen and oxygen atoms in total. The minimum absolute atomic E-state index is 0.118. The first kappa shape index (κ1) is 17.2. The molecule has 2 aromatic rings. The zero-order valence-electron chi connectivity index (χ0n) is 15.6. The number of hydrogen-bond donors (Lipinski definition) is 2. The lowest BCUT2D eigenvalue weighted by Crippen LogP contribution is -2.46. The molecule has 6 heteroatoms. The third-order valence-corrected chi connectivity index (χ3v) is 5.39. The van der Waals surface area contributed by atoms with E-state index in [1.54, 1.807) is 13.8 Å². The van der Waals surface area contributed by atoms with Gasteiger partial charge in [-0.1, -0.05) is 19.4 Å². The first-order valence-electron chi connectivity index (χ1n) is 9.44. The summed E-state index contributed by atoms with van der Waals surface area (Å²) in [6.07, 6.45) is 6.10. The van der Waals surface area contributed by atoms with Gasteiger partial charge in [0.05, 0.1) is 17.8 Å². The zero-order valence-corrected chi connectivity index (χ0v) is 15.6. The maximum Gasteiger partial charge on any atom is 0.272 e. The Morgan fingerprint density at radius 3 is 2.88 bits per heavy atom. The molecule has 2 heterocycles. The highest BCUT2D eigenvalue weighted by molar-refractivity contribution is 5.95. The van der Waals surface area contributed by atoms with Gasteiger partial charge in [0.15, 0.2) is 11.5 Å². The number of aliphatic hydroxyl groups excluding tert-OH is 1. The van der Waals surface area contributed by atoms with Crippen LogP contribution in [0.3, 0.4) is 0 Å². The van der Waals surface area contributed by atoms with Crippen molar-refractivity contribution in [2.24, 2.45) is 5.92 Å². The number of hydrogen-bond acceptors (Lipinski definition) is 4. The number of fused-ring (bicyclic) bond motifs is 3. The molecule has 2 atom stereocenters. The van der Waals surface area contributed by atoms with E-state index in [1.807, 2.05) is 16.9 Å². The van der Waals surface area contributed by atoms with E-state index in [0.717, 1.165) is 36.3 Å². The predicted octanol–water partition coefficient (Wildman–Crippen LogP) is 2.38. The molecule has 0 aromatic carbocycles. The highest BCUT2D eigenvalue weighted by Gasteiger charge is 2.50. The number of aliphatic hydroxyl groups is 1. The first-order valence-corrected chi connectivity index (χ1v) is 9.44. The van der Waals surface area contributed by atoms with Crippen LogP contribution in [0.1, 0.15) is 66.8 Å². The summed E-state index contributed by atoms with van der Waals surface area (Å²) in [4.78, 5) is 17.4. The van der Waals surface area contributed by atoms with Crippen LogP contribution in [0.2, 0.25) is 0 Å². The van der Waals surface area contributed by atoms with Gasteiger partial charge in [0.2, 0.25) is 0 Å². The van der Waals surface area contributed by atoms with Gasteiger partial charge >= 0.3 is 0 Å². The van der Waals surface area contributed by atoms with Gasteiger partial charge in [-0.3, -0.25) is 4.79 Å². The van der Waals surface area contributed by atoms with Crippen molar-refractivity contribution in [3.05, 3.63) is 40.8 Å². The summed E-state index contributed by atoms with van der Waals surface area (Å²) in [6, 6.07) is 4.08. The van der Waals surface area contributed by atoms with E-state index in [-0.39, 0.29) is 12.5 Å². The quantitative estimate of drug-likeness (QED) is 0.835. The van der Waals surface area contributed by atoms with Crippen molar-refractivity contribution in [3.63, 3.8) is 0 Å². The summed E-state index contributed by atoms with van der Waals surface area (Å²) >= 11 is 0. The molecule has 26 heavy (non-hydrogen) atoms. The van der Waals surface area contributed by atoms with Crippen LogP contribution in [0.4, 0.5) is 0 Å². The Balaban J connectivity index is 1.69. The van der Waals surface area contributed by atoms with Crippen LogP contribution in [0.5, 0.6) is 0 Å². The van der Waals surface area contributed by atoms with Gasteiger partial charge in [0, 0.05) is 17.7 Å². The van der Waals surface area contributed by atoms with E-state index in [0.29, 0.717) is 17.5 Å². The number of aromatic nitrogens is 3. The van der Waals surface area contributed by atoms with Gasteiger partial charge in [-0.15, -0.1) is 0 Å². The molecule has 1 saturated carbocycles. The first-order chi connectivity index (χ1) is 12.4. The molecule has 1 amide bonds. The summed E-state index contributed by atoms with van der Waals surface area (Å²) < 4.78 is 1.86. The van der Waals surface area contributed by atoms with Crippen molar-refractivity contribution < 1.29 is 9.90 Å². The molecule has 1 fully saturated rings. The lowest BCUT2D eigenvalue weighted by atomic mass is 10.1. The summed E-state index contributed by atoms with van der Waals surface area (Å²) in [5.74, 6) is 1.70. The third-order valence-electron chi connectivity index (χ3n) is 5.39. The SMILES string of the molecule is CCCc1ccc(-n2nc(C(=O)NC(C)(C)CO)c3c2[C@@H]2C[C@@H]2C3)nc1.